The molecule has 0 fully saturated rings. The molecule has 0 saturated carbocycles. The Labute approximate surface area is 163 Å². The van der Waals surface area contributed by atoms with Crippen LogP contribution in [0.3, 0.4) is 0 Å². The predicted octanol–water partition coefficient (Wildman–Crippen LogP) is 6.94. The molecule has 0 aliphatic rings. The van der Waals surface area contributed by atoms with Crippen molar-refractivity contribution in [2.75, 3.05) is 0 Å². The summed E-state index contributed by atoms with van der Waals surface area (Å²) in [5.41, 5.74) is 2.10. The Morgan fingerprint density at radius 3 is 1.68 bits per heavy atom. The molecule has 126 valence electrons. The average molecular weight is 414 g/mol. The zero-order chi connectivity index (χ0) is 18.1. The summed E-state index contributed by atoms with van der Waals surface area (Å²) in [5.74, 6) is -0.296. The normalized spacial score (nSPS) is 10.7. The summed E-state index contributed by atoms with van der Waals surface area (Å²) in [6, 6.07) is 11.4. The number of aromatic nitrogens is 1. The molecule has 3 rings (SSSR count). The summed E-state index contributed by atoms with van der Waals surface area (Å²) in [5, 5.41) is 13.0. The molecule has 0 amide bonds. The molecule has 2 aromatic carbocycles. The van der Waals surface area contributed by atoms with E-state index in [2.05, 4.69) is 4.98 Å². The summed E-state index contributed by atoms with van der Waals surface area (Å²) >= 11 is 24.1. The third-order valence-corrected chi connectivity index (χ3v) is 4.28. The van der Waals surface area contributed by atoms with Gasteiger partial charge < -0.3 is 10.1 Å². The van der Waals surface area contributed by atoms with Gasteiger partial charge in [0.25, 0.3) is 0 Å². The highest BCUT2D eigenvalue weighted by molar-refractivity contribution is 6.35. The van der Waals surface area contributed by atoms with Gasteiger partial charge in [0.2, 0.25) is 0 Å². The van der Waals surface area contributed by atoms with Gasteiger partial charge in [-0.25, -0.2) is 0 Å². The lowest BCUT2D eigenvalue weighted by Gasteiger charge is -2.08. The third kappa shape index (κ3) is 4.05. The number of hydrogen-bond acceptors (Lipinski definition) is 3. The molecule has 1 aromatic heterocycles. The van der Waals surface area contributed by atoms with E-state index < -0.39 is 4.92 Å². The summed E-state index contributed by atoms with van der Waals surface area (Å²) in [6.45, 7) is 0. The number of halogens is 4. The number of hydrogen-bond donors (Lipinski definition) is 0. The Morgan fingerprint density at radius 1 is 0.720 bits per heavy atom. The molecule has 3 aromatic rings. The number of nitrogens with zero attached hydrogens (tertiary/aromatic N) is 2. The summed E-state index contributed by atoms with van der Waals surface area (Å²) < 4.78 is 0. The number of pyridine rings is 1. The van der Waals surface area contributed by atoms with E-state index in [1.807, 2.05) is 0 Å². The zero-order valence-electron chi connectivity index (χ0n) is 12.3. The molecule has 0 aliphatic heterocycles. The Hall–Kier alpha value is -1.85. The van der Waals surface area contributed by atoms with Gasteiger partial charge in [-0.15, -0.1) is 0 Å². The second-order valence-corrected chi connectivity index (χ2v) is 6.91. The molecule has 1 heterocycles. The number of rotatable bonds is 3. The first-order valence-corrected chi connectivity index (χ1v) is 8.42. The van der Waals surface area contributed by atoms with Crippen molar-refractivity contribution in [2.45, 2.75) is 0 Å². The Bertz CT molecular complexity index is 952. The van der Waals surface area contributed by atoms with E-state index in [9.17, 15) is 10.1 Å². The van der Waals surface area contributed by atoms with E-state index in [0.717, 1.165) is 0 Å². The second-order valence-electron chi connectivity index (χ2n) is 5.17. The van der Waals surface area contributed by atoms with Gasteiger partial charge in [-0.1, -0.05) is 46.4 Å². The van der Waals surface area contributed by atoms with Crippen LogP contribution in [-0.4, -0.2) is 9.91 Å². The SMILES string of the molecule is O=[N+]([O-])c1ncc(-c2cc(Cl)cc(Cl)c2)cc1-c1cc(Cl)cc(Cl)c1. The van der Waals surface area contributed by atoms with Gasteiger partial charge in [-0.3, -0.25) is 0 Å². The molecule has 0 spiro atoms. The lowest BCUT2D eigenvalue weighted by atomic mass is 10.0. The predicted molar refractivity (Wildman–Crippen MR) is 102 cm³/mol. The quantitative estimate of drug-likeness (QED) is 0.345. The first-order valence-electron chi connectivity index (χ1n) is 6.91. The molecule has 4 nitrogen and oxygen atoms in total. The highest BCUT2D eigenvalue weighted by Crippen LogP contribution is 2.36. The Morgan fingerprint density at radius 2 is 1.20 bits per heavy atom. The summed E-state index contributed by atoms with van der Waals surface area (Å²) in [6.07, 6.45) is 1.40. The molecule has 25 heavy (non-hydrogen) atoms. The van der Waals surface area contributed by atoms with E-state index in [1.54, 1.807) is 42.5 Å². The van der Waals surface area contributed by atoms with E-state index in [0.29, 0.717) is 42.3 Å². The molecular weight excluding hydrogens is 406 g/mol. The standard InChI is InChI=1S/C17H8Cl4N2O2/c18-12-1-9(2-13(19)6-12)11-5-16(17(22-8-11)23(24)25)10-3-14(20)7-15(21)4-10/h1-8H. The minimum absolute atomic E-state index is 0.294. The van der Waals surface area contributed by atoms with Crippen LogP contribution in [0.4, 0.5) is 5.82 Å². The molecule has 0 atom stereocenters. The van der Waals surface area contributed by atoms with Crippen LogP contribution >= 0.6 is 46.4 Å². The smallest absolute Gasteiger partial charge is 0.358 e. The van der Waals surface area contributed by atoms with Crippen molar-refractivity contribution in [1.29, 1.82) is 0 Å². The minimum Gasteiger partial charge on any atom is -0.358 e. The van der Waals surface area contributed by atoms with Gasteiger partial charge >= 0.3 is 5.82 Å². The lowest BCUT2D eigenvalue weighted by molar-refractivity contribution is -0.388. The summed E-state index contributed by atoms with van der Waals surface area (Å²) in [7, 11) is 0. The van der Waals surface area contributed by atoms with Crippen molar-refractivity contribution < 1.29 is 4.92 Å². The number of benzene rings is 2. The Balaban J connectivity index is 2.23. The summed E-state index contributed by atoms with van der Waals surface area (Å²) in [4.78, 5) is 14.8. The van der Waals surface area contributed by atoms with Crippen LogP contribution in [0.2, 0.25) is 20.1 Å². The molecule has 8 heteroatoms. The maximum Gasteiger partial charge on any atom is 0.371 e. The van der Waals surface area contributed by atoms with E-state index in [1.165, 1.54) is 6.20 Å². The largest absolute Gasteiger partial charge is 0.371 e. The van der Waals surface area contributed by atoms with Crippen molar-refractivity contribution >= 4 is 52.2 Å². The third-order valence-electron chi connectivity index (χ3n) is 3.41. The van der Waals surface area contributed by atoms with Crippen LogP contribution in [0.1, 0.15) is 0 Å². The van der Waals surface area contributed by atoms with Crippen molar-refractivity contribution in [2.24, 2.45) is 0 Å². The highest BCUT2D eigenvalue weighted by atomic mass is 35.5. The van der Waals surface area contributed by atoms with E-state index in [4.69, 9.17) is 46.4 Å². The minimum atomic E-state index is -0.557. The van der Waals surface area contributed by atoms with Gasteiger partial charge in [0.1, 0.15) is 6.20 Å². The van der Waals surface area contributed by atoms with Gasteiger partial charge in [0.05, 0.1) is 5.56 Å². The van der Waals surface area contributed by atoms with E-state index >= 15 is 0 Å². The van der Waals surface area contributed by atoms with Gasteiger partial charge in [-0.2, -0.15) is 0 Å². The average Bonchev–Trinajstić information content (AvgIpc) is 2.52. The van der Waals surface area contributed by atoms with Crippen molar-refractivity contribution in [1.82, 2.24) is 4.98 Å². The molecule has 0 bridgehead atoms. The fourth-order valence-electron chi connectivity index (χ4n) is 2.40. The molecule has 0 unspecified atom stereocenters. The fourth-order valence-corrected chi connectivity index (χ4v) is 3.46. The van der Waals surface area contributed by atoms with Crippen LogP contribution < -0.4 is 0 Å². The second kappa shape index (κ2) is 7.18. The molecule has 0 saturated heterocycles. The van der Waals surface area contributed by atoms with Gasteiger partial charge in [0, 0.05) is 25.7 Å². The maximum atomic E-state index is 11.4. The van der Waals surface area contributed by atoms with Crippen LogP contribution in [0.15, 0.2) is 48.7 Å². The maximum absolute atomic E-state index is 11.4. The van der Waals surface area contributed by atoms with Crippen LogP contribution in [0.25, 0.3) is 22.3 Å². The van der Waals surface area contributed by atoms with Gasteiger partial charge in [0.15, 0.2) is 0 Å². The lowest BCUT2D eigenvalue weighted by Crippen LogP contribution is -1.96. The van der Waals surface area contributed by atoms with Crippen molar-refractivity contribution in [3.8, 4) is 22.3 Å². The van der Waals surface area contributed by atoms with E-state index in [-0.39, 0.29) is 5.82 Å². The zero-order valence-corrected chi connectivity index (χ0v) is 15.4. The first-order chi connectivity index (χ1) is 11.8. The highest BCUT2D eigenvalue weighted by Gasteiger charge is 2.19. The van der Waals surface area contributed by atoms with Gasteiger partial charge in [-0.05, 0) is 63.5 Å². The molecule has 0 N–H and O–H groups in total. The van der Waals surface area contributed by atoms with Crippen molar-refractivity contribution in [3.63, 3.8) is 0 Å². The fraction of sp³-hybridized carbons (Fsp3) is 0. The molecular formula is C17H8Cl4N2O2. The molecule has 0 radical (unpaired) electrons. The van der Waals surface area contributed by atoms with Crippen LogP contribution in [-0.2, 0) is 0 Å². The number of nitro groups is 1. The first kappa shape index (κ1) is 18.0. The topological polar surface area (TPSA) is 56.0 Å². The molecule has 0 aliphatic carbocycles. The monoisotopic (exact) mass is 412 g/mol. The van der Waals surface area contributed by atoms with Crippen molar-refractivity contribution in [3.05, 3.63) is 78.9 Å². The van der Waals surface area contributed by atoms with Crippen LogP contribution in [0, 0.1) is 10.1 Å². The Kier molecular flexibility index (Phi) is 5.16. The van der Waals surface area contributed by atoms with Crippen LogP contribution in [0.5, 0.6) is 0 Å².